The summed E-state index contributed by atoms with van der Waals surface area (Å²) < 4.78 is 0. The third-order valence-corrected chi connectivity index (χ3v) is 1.84. The fourth-order valence-electron chi connectivity index (χ4n) is 0.996. The molecule has 0 amide bonds. The standard InChI is InChI=1S/C9H16N2O/c1-2-9(12)7-11-6-8-3-4-10-5-8/h3-5,9-12H,2,6-7H2,1H3. The SMILES string of the molecule is CCC(O)CNCc1cc[nH]c1. The van der Waals surface area contributed by atoms with Crippen LogP contribution < -0.4 is 5.32 Å². The summed E-state index contributed by atoms with van der Waals surface area (Å²) in [5.41, 5.74) is 1.22. The van der Waals surface area contributed by atoms with Gasteiger partial charge >= 0.3 is 0 Å². The van der Waals surface area contributed by atoms with Gasteiger partial charge in [-0.2, -0.15) is 0 Å². The molecular weight excluding hydrogens is 152 g/mol. The van der Waals surface area contributed by atoms with Gasteiger partial charge in [0.1, 0.15) is 0 Å². The monoisotopic (exact) mass is 168 g/mol. The number of aromatic nitrogens is 1. The highest BCUT2D eigenvalue weighted by Gasteiger charge is 1.98. The number of H-pyrrole nitrogens is 1. The molecule has 12 heavy (non-hydrogen) atoms. The lowest BCUT2D eigenvalue weighted by Crippen LogP contribution is -2.25. The van der Waals surface area contributed by atoms with Gasteiger partial charge in [0, 0.05) is 25.5 Å². The van der Waals surface area contributed by atoms with Crippen LogP contribution in [0, 0.1) is 0 Å². The van der Waals surface area contributed by atoms with Crippen molar-refractivity contribution >= 4 is 0 Å². The van der Waals surface area contributed by atoms with E-state index in [1.165, 1.54) is 5.56 Å². The molecule has 0 aliphatic rings. The molecule has 1 aromatic rings. The quantitative estimate of drug-likeness (QED) is 0.611. The van der Waals surface area contributed by atoms with Gasteiger partial charge in [-0.15, -0.1) is 0 Å². The van der Waals surface area contributed by atoms with Crippen molar-refractivity contribution in [2.75, 3.05) is 6.54 Å². The molecule has 0 aromatic carbocycles. The predicted octanol–water partition coefficient (Wildman–Crippen LogP) is 0.875. The molecule has 0 bridgehead atoms. The van der Waals surface area contributed by atoms with Gasteiger partial charge in [-0.25, -0.2) is 0 Å². The zero-order valence-corrected chi connectivity index (χ0v) is 7.38. The van der Waals surface area contributed by atoms with Crippen molar-refractivity contribution in [1.82, 2.24) is 10.3 Å². The maximum absolute atomic E-state index is 9.22. The molecule has 1 aromatic heterocycles. The molecule has 0 saturated heterocycles. The van der Waals surface area contributed by atoms with Crippen LogP contribution in [0.3, 0.4) is 0 Å². The Hall–Kier alpha value is -0.800. The van der Waals surface area contributed by atoms with Crippen molar-refractivity contribution in [3.63, 3.8) is 0 Å². The van der Waals surface area contributed by atoms with Crippen molar-refractivity contribution in [1.29, 1.82) is 0 Å². The average Bonchev–Trinajstić information content (AvgIpc) is 2.57. The zero-order valence-electron chi connectivity index (χ0n) is 7.38. The van der Waals surface area contributed by atoms with E-state index in [1.807, 2.05) is 25.4 Å². The second kappa shape index (κ2) is 4.95. The number of aromatic amines is 1. The fourth-order valence-corrected chi connectivity index (χ4v) is 0.996. The first-order chi connectivity index (χ1) is 5.83. The first-order valence-corrected chi connectivity index (χ1v) is 4.33. The molecule has 3 nitrogen and oxygen atoms in total. The topological polar surface area (TPSA) is 48.0 Å². The molecule has 1 unspecified atom stereocenters. The van der Waals surface area contributed by atoms with Gasteiger partial charge in [0.05, 0.1) is 6.10 Å². The minimum Gasteiger partial charge on any atom is -0.392 e. The van der Waals surface area contributed by atoms with Crippen LogP contribution in [0.2, 0.25) is 0 Å². The van der Waals surface area contributed by atoms with Crippen LogP contribution in [0.1, 0.15) is 18.9 Å². The summed E-state index contributed by atoms with van der Waals surface area (Å²) in [6.07, 6.45) is 4.43. The van der Waals surface area contributed by atoms with Crippen molar-refractivity contribution in [3.8, 4) is 0 Å². The second-order valence-electron chi connectivity index (χ2n) is 2.91. The number of hydrogen-bond donors (Lipinski definition) is 3. The zero-order chi connectivity index (χ0) is 8.81. The summed E-state index contributed by atoms with van der Waals surface area (Å²) in [6, 6.07) is 2.02. The molecule has 0 aliphatic heterocycles. The maximum atomic E-state index is 9.22. The van der Waals surface area contributed by atoms with E-state index in [2.05, 4.69) is 10.3 Å². The molecular formula is C9H16N2O. The molecule has 0 spiro atoms. The van der Waals surface area contributed by atoms with Crippen molar-refractivity contribution < 1.29 is 5.11 Å². The first-order valence-electron chi connectivity index (χ1n) is 4.33. The van der Waals surface area contributed by atoms with Crippen molar-refractivity contribution in [3.05, 3.63) is 24.0 Å². The van der Waals surface area contributed by atoms with E-state index in [9.17, 15) is 5.11 Å². The molecule has 68 valence electrons. The third-order valence-electron chi connectivity index (χ3n) is 1.84. The van der Waals surface area contributed by atoms with E-state index >= 15 is 0 Å². The molecule has 3 N–H and O–H groups in total. The number of aliphatic hydroxyl groups excluding tert-OH is 1. The van der Waals surface area contributed by atoms with Crippen LogP contribution in [0.25, 0.3) is 0 Å². The Labute approximate surface area is 72.8 Å². The lowest BCUT2D eigenvalue weighted by molar-refractivity contribution is 0.167. The van der Waals surface area contributed by atoms with Crippen LogP contribution in [0.5, 0.6) is 0 Å². The average molecular weight is 168 g/mol. The van der Waals surface area contributed by atoms with Gasteiger partial charge in [0.2, 0.25) is 0 Å². The van der Waals surface area contributed by atoms with E-state index < -0.39 is 0 Å². The number of hydrogen-bond acceptors (Lipinski definition) is 2. The fraction of sp³-hybridized carbons (Fsp3) is 0.556. The second-order valence-corrected chi connectivity index (χ2v) is 2.91. The Balaban J connectivity index is 2.11. The smallest absolute Gasteiger partial charge is 0.0662 e. The largest absolute Gasteiger partial charge is 0.392 e. The normalized spacial score (nSPS) is 13.2. The van der Waals surface area contributed by atoms with E-state index in [0.717, 1.165) is 13.0 Å². The van der Waals surface area contributed by atoms with E-state index in [1.54, 1.807) is 0 Å². The van der Waals surface area contributed by atoms with Crippen molar-refractivity contribution in [2.45, 2.75) is 26.0 Å². The summed E-state index contributed by atoms with van der Waals surface area (Å²) >= 11 is 0. The van der Waals surface area contributed by atoms with Crippen LogP contribution in [0.15, 0.2) is 18.5 Å². The van der Waals surface area contributed by atoms with Gasteiger partial charge in [-0.3, -0.25) is 0 Å². The van der Waals surface area contributed by atoms with Crippen LogP contribution in [-0.2, 0) is 6.54 Å². The summed E-state index contributed by atoms with van der Waals surface area (Å²) in [5, 5.41) is 12.4. The molecule has 0 aliphatic carbocycles. The molecule has 1 heterocycles. The van der Waals surface area contributed by atoms with E-state index in [-0.39, 0.29) is 6.10 Å². The van der Waals surface area contributed by atoms with Gasteiger partial charge in [-0.05, 0) is 18.1 Å². The molecule has 1 atom stereocenters. The Morgan fingerprint density at radius 3 is 3.08 bits per heavy atom. The Morgan fingerprint density at radius 2 is 2.50 bits per heavy atom. The highest BCUT2D eigenvalue weighted by molar-refractivity contribution is 5.07. The van der Waals surface area contributed by atoms with Gasteiger partial charge in [0.15, 0.2) is 0 Å². The highest BCUT2D eigenvalue weighted by Crippen LogP contribution is 1.95. The third kappa shape index (κ3) is 3.07. The molecule has 1 rings (SSSR count). The minimum absolute atomic E-state index is 0.219. The summed E-state index contributed by atoms with van der Waals surface area (Å²) in [6.45, 7) is 3.46. The minimum atomic E-state index is -0.219. The molecule has 0 saturated carbocycles. The van der Waals surface area contributed by atoms with Gasteiger partial charge < -0.3 is 15.4 Å². The van der Waals surface area contributed by atoms with Gasteiger partial charge in [0.25, 0.3) is 0 Å². The maximum Gasteiger partial charge on any atom is 0.0662 e. The summed E-state index contributed by atoms with van der Waals surface area (Å²) in [5.74, 6) is 0. The lowest BCUT2D eigenvalue weighted by atomic mass is 10.2. The van der Waals surface area contributed by atoms with Crippen LogP contribution in [-0.4, -0.2) is 22.7 Å². The first kappa shape index (κ1) is 9.29. The van der Waals surface area contributed by atoms with Crippen molar-refractivity contribution in [2.24, 2.45) is 0 Å². The van der Waals surface area contributed by atoms with Crippen LogP contribution in [0.4, 0.5) is 0 Å². The predicted molar refractivity (Wildman–Crippen MR) is 48.8 cm³/mol. The summed E-state index contributed by atoms with van der Waals surface area (Å²) in [7, 11) is 0. The number of aliphatic hydroxyl groups is 1. The van der Waals surface area contributed by atoms with E-state index in [0.29, 0.717) is 6.54 Å². The Kier molecular flexibility index (Phi) is 3.84. The van der Waals surface area contributed by atoms with Crippen LogP contribution >= 0.6 is 0 Å². The lowest BCUT2D eigenvalue weighted by Gasteiger charge is -2.07. The molecule has 0 radical (unpaired) electrons. The number of nitrogens with one attached hydrogen (secondary N) is 2. The summed E-state index contributed by atoms with van der Waals surface area (Å²) in [4.78, 5) is 2.98. The number of rotatable bonds is 5. The molecule has 3 heteroatoms. The Morgan fingerprint density at radius 1 is 1.67 bits per heavy atom. The van der Waals surface area contributed by atoms with E-state index in [4.69, 9.17) is 0 Å². The van der Waals surface area contributed by atoms with Gasteiger partial charge in [-0.1, -0.05) is 6.92 Å². The molecule has 0 fully saturated rings. The highest BCUT2D eigenvalue weighted by atomic mass is 16.3. The Bertz CT molecular complexity index is 196.